The number of nitrogens with zero attached hydrogens (tertiary/aromatic N) is 1. The van der Waals surface area contributed by atoms with E-state index in [0.717, 1.165) is 70.5 Å². The Hall–Kier alpha value is -0.460. The summed E-state index contributed by atoms with van der Waals surface area (Å²) in [7, 11) is 1.83. The van der Waals surface area contributed by atoms with Crippen LogP contribution in [0.1, 0.15) is 40.0 Å². The summed E-state index contributed by atoms with van der Waals surface area (Å²) in [5, 5.41) is 6.87. The van der Waals surface area contributed by atoms with Gasteiger partial charge in [-0.1, -0.05) is 20.8 Å². The van der Waals surface area contributed by atoms with Crippen molar-refractivity contribution in [3.05, 3.63) is 0 Å². The first-order valence-corrected chi connectivity index (χ1v) is 9.84. The summed E-state index contributed by atoms with van der Waals surface area (Å²) in [6.45, 7) is 11.8. The molecule has 0 aliphatic carbocycles. The molecule has 0 radical (unpaired) electrons. The average molecular weight is 346 g/mol. The standard InChI is InChI=1S/C17H35N3O2S/c1-5-23-17(7-11-21-12-8-17)14-20-16(18-4)19-9-6-10-22-13-15(2)3/h15H,5-14H2,1-4H3,(H2,18,19,20). The molecule has 1 saturated heterocycles. The fraction of sp³-hybridized carbons (Fsp3) is 0.941. The van der Waals surface area contributed by atoms with Crippen LogP contribution in [0.25, 0.3) is 0 Å². The van der Waals surface area contributed by atoms with E-state index in [1.54, 1.807) is 0 Å². The molecule has 1 heterocycles. The third kappa shape index (κ3) is 8.82. The van der Waals surface area contributed by atoms with E-state index in [0.29, 0.717) is 5.92 Å². The molecule has 2 N–H and O–H groups in total. The molecule has 5 nitrogen and oxygen atoms in total. The van der Waals surface area contributed by atoms with Crippen molar-refractivity contribution in [3.63, 3.8) is 0 Å². The van der Waals surface area contributed by atoms with Crippen molar-refractivity contribution < 1.29 is 9.47 Å². The Bertz CT molecular complexity index is 326. The molecule has 0 aromatic carbocycles. The van der Waals surface area contributed by atoms with Gasteiger partial charge in [0, 0.05) is 51.3 Å². The first kappa shape index (κ1) is 20.6. The van der Waals surface area contributed by atoms with Gasteiger partial charge in [0.1, 0.15) is 0 Å². The van der Waals surface area contributed by atoms with Crippen molar-refractivity contribution in [2.45, 2.75) is 44.8 Å². The summed E-state index contributed by atoms with van der Waals surface area (Å²) in [6, 6.07) is 0. The van der Waals surface area contributed by atoms with E-state index in [9.17, 15) is 0 Å². The van der Waals surface area contributed by atoms with Crippen LogP contribution in [0.5, 0.6) is 0 Å². The maximum atomic E-state index is 5.60. The van der Waals surface area contributed by atoms with Crippen LogP contribution in [0, 0.1) is 5.92 Å². The molecule has 1 aliphatic heterocycles. The van der Waals surface area contributed by atoms with Gasteiger partial charge in [0.2, 0.25) is 0 Å². The summed E-state index contributed by atoms with van der Waals surface area (Å²) in [6.07, 6.45) is 3.22. The lowest BCUT2D eigenvalue weighted by molar-refractivity contribution is 0.0782. The van der Waals surface area contributed by atoms with E-state index in [1.165, 1.54) is 0 Å². The van der Waals surface area contributed by atoms with Crippen LogP contribution in [-0.4, -0.2) is 63.0 Å². The predicted molar refractivity (Wildman–Crippen MR) is 101 cm³/mol. The normalized spacial score (nSPS) is 18.2. The van der Waals surface area contributed by atoms with Crippen LogP contribution in [0.3, 0.4) is 0 Å². The highest BCUT2D eigenvalue weighted by atomic mass is 32.2. The highest BCUT2D eigenvalue weighted by Crippen LogP contribution is 2.34. The van der Waals surface area contributed by atoms with E-state index >= 15 is 0 Å². The highest BCUT2D eigenvalue weighted by molar-refractivity contribution is 8.00. The molecular formula is C17H35N3O2S. The molecule has 0 saturated carbocycles. The van der Waals surface area contributed by atoms with Crippen molar-refractivity contribution in [2.75, 3.05) is 52.3 Å². The number of guanidine groups is 1. The number of nitrogens with one attached hydrogen (secondary N) is 2. The van der Waals surface area contributed by atoms with Crippen molar-refractivity contribution in [1.82, 2.24) is 10.6 Å². The molecule has 0 atom stereocenters. The Morgan fingerprint density at radius 2 is 2.04 bits per heavy atom. The lowest BCUT2D eigenvalue weighted by Crippen LogP contribution is -2.48. The highest BCUT2D eigenvalue weighted by Gasteiger charge is 2.32. The van der Waals surface area contributed by atoms with Crippen LogP contribution in [0.15, 0.2) is 4.99 Å². The Labute approximate surface area is 146 Å². The van der Waals surface area contributed by atoms with Crippen molar-refractivity contribution in [2.24, 2.45) is 10.9 Å². The van der Waals surface area contributed by atoms with Gasteiger partial charge in [-0.3, -0.25) is 4.99 Å². The van der Waals surface area contributed by atoms with Crippen LogP contribution in [-0.2, 0) is 9.47 Å². The van der Waals surface area contributed by atoms with Gasteiger partial charge < -0.3 is 20.1 Å². The number of aliphatic imine (C=N–C) groups is 1. The molecule has 0 aromatic heterocycles. The van der Waals surface area contributed by atoms with Gasteiger partial charge in [-0.15, -0.1) is 0 Å². The molecule has 0 bridgehead atoms. The Morgan fingerprint density at radius 1 is 1.30 bits per heavy atom. The minimum Gasteiger partial charge on any atom is -0.381 e. The van der Waals surface area contributed by atoms with E-state index in [1.807, 2.05) is 18.8 Å². The number of hydrogen-bond donors (Lipinski definition) is 2. The zero-order valence-electron chi connectivity index (χ0n) is 15.3. The number of hydrogen-bond acceptors (Lipinski definition) is 4. The van der Waals surface area contributed by atoms with E-state index in [-0.39, 0.29) is 4.75 Å². The topological polar surface area (TPSA) is 54.9 Å². The lowest BCUT2D eigenvalue weighted by atomic mass is 9.99. The van der Waals surface area contributed by atoms with Crippen LogP contribution in [0.2, 0.25) is 0 Å². The second-order valence-corrected chi connectivity index (χ2v) is 8.14. The quantitative estimate of drug-likeness (QED) is 0.362. The smallest absolute Gasteiger partial charge is 0.191 e. The Kier molecular flexibility index (Phi) is 10.7. The van der Waals surface area contributed by atoms with Crippen molar-refractivity contribution in [3.8, 4) is 0 Å². The molecule has 23 heavy (non-hydrogen) atoms. The number of ether oxygens (including phenoxy) is 2. The van der Waals surface area contributed by atoms with Gasteiger partial charge >= 0.3 is 0 Å². The molecule has 0 amide bonds. The Morgan fingerprint density at radius 3 is 2.65 bits per heavy atom. The second kappa shape index (κ2) is 12.0. The SMILES string of the molecule is CCSC1(CNC(=NC)NCCCOCC(C)C)CCOCC1. The largest absolute Gasteiger partial charge is 0.381 e. The van der Waals surface area contributed by atoms with Gasteiger partial charge in [-0.05, 0) is 30.9 Å². The summed E-state index contributed by atoms with van der Waals surface area (Å²) >= 11 is 2.04. The molecule has 136 valence electrons. The van der Waals surface area contributed by atoms with Crippen LogP contribution < -0.4 is 10.6 Å². The molecule has 0 spiro atoms. The zero-order valence-corrected chi connectivity index (χ0v) is 16.1. The van der Waals surface area contributed by atoms with Crippen molar-refractivity contribution in [1.29, 1.82) is 0 Å². The van der Waals surface area contributed by atoms with Gasteiger partial charge in [0.25, 0.3) is 0 Å². The summed E-state index contributed by atoms with van der Waals surface area (Å²) in [5.41, 5.74) is 0. The first-order chi connectivity index (χ1) is 11.1. The van der Waals surface area contributed by atoms with Gasteiger partial charge in [0.05, 0.1) is 0 Å². The van der Waals surface area contributed by atoms with Gasteiger partial charge in [0.15, 0.2) is 5.96 Å². The molecule has 1 fully saturated rings. The summed E-state index contributed by atoms with van der Waals surface area (Å²) < 4.78 is 11.4. The number of rotatable bonds is 10. The fourth-order valence-electron chi connectivity index (χ4n) is 2.59. The maximum absolute atomic E-state index is 5.60. The average Bonchev–Trinajstić information content (AvgIpc) is 2.54. The van der Waals surface area contributed by atoms with Gasteiger partial charge in [-0.2, -0.15) is 11.8 Å². The lowest BCUT2D eigenvalue weighted by Gasteiger charge is -2.37. The molecule has 6 heteroatoms. The summed E-state index contributed by atoms with van der Waals surface area (Å²) in [5.74, 6) is 2.63. The van der Waals surface area contributed by atoms with Crippen molar-refractivity contribution >= 4 is 17.7 Å². The van der Waals surface area contributed by atoms with Crippen LogP contribution >= 0.6 is 11.8 Å². The minimum absolute atomic E-state index is 0.283. The van der Waals surface area contributed by atoms with Crippen LogP contribution in [0.4, 0.5) is 0 Å². The number of thioether (sulfide) groups is 1. The first-order valence-electron chi connectivity index (χ1n) is 8.86. The Balaban J connectivity index is 2.24. The predicted octanol–water partition coefficient (Wildman–Crippen LogP) is 2.52. The molecule has 0 unspecified atom stereocenters. The molecule has 1 aliphatic rings. The third-order valence-electron chi connectivity index (χ3n) is 3.87. The minimum atomic E-state index is 0.283. The maximum Gasteiger partial charge on any atom is 0.191 e. The molecule has 0 aromatic rings. The molecule has 1 rings (SSSR count). The van der Waals surface area contributed by atoms with E-state index in [2.05, 4.69) is 36.4 Å². The summed E-state index contributed by atoms with van der Waals surface area (Å²) in [4.78, 5) is 4.32. The second-order valence-electron chi connectivity index (χ2n) is 6.40. The third-order valence-corrected chi connectivity index (χ3v) is 5.32. The van der Waals surface area contributed by atoms with E-state index in [4.69, 9.17) is 9.47 Å². The monoisotopic (exact) mass is 345 g/mol. The van der Waals surface area contributed by atoms with E-state index < -0.39 is 0 Å². The van der Waals surface area contributed by atoms with Gasteiger partial charge in [-0.25, -0.2) is 0 Å². The fourth-order valence-corrected chi connectivity index (χ4v) is 3.83. The zero-order chi connectivity index (χ0) is 17.0. The molecular weight excluding hydrogens is 310 g/mol.